The Morgan fingerprint density at radius 1 is 1.04 bits per heavy atom. The summed E-state index contributed by atoms with van der Waals surface area (Å²) in [4.78, 5) is 16.4. The van der Waals surface area contributed by atoms with Gasteiger partial charge < -0.3 is 0 Å². The van der Waals surface area contributed by atoms with Crippen LogP contribution in [-0.4, -0.2) is 10.8 Å². The number of halogens is 3. The number of nitrogens with zero attached hydrogens (tertiary/aromatic N) is 1. The summed E-state index contributed by atoms with van der Waals surface area (Å²) < 4.78 is 38.2. The summed E-state index contributed by atoms with van der Waals surface area (Å²) in [5.74, 6) is -0.103. The normalized spacial score (nSPS) is 11.7. The highest BCUT2D eigenvalue weighted by Gasteiger charge is 2.30. The molecule has 0 atom stereocenters. The van der Waals surface area contributed by atoms with Gasteiger partial charge in [0.1, 0.15) is 5.69 Å². The molecule has 2 nitrogen and oxygen atoms in total. The van der Waals surface area contributed by atoms with Crippen LogP contribution >= 0.6 is 0 Å². The Morgan fingerprint density at radius 3 is 2.33 bits per heavy atom. The van der Waals surface area contributed by atoms with E-state index in [-0.39, 0.29) is 5.78 Å². The molecular formula is C19H14F3NO. The Labute approximate surface area is 137 Å². The number of carbonyl (C=O) groups excluding carboxylic acids is 1. The summed E-state index contributed by atoms with van der Waals surface area (Å²) in [6, 6.07) is 13.9. The zero-order chi connectivity index (χ0) is 17.3. The average molecular weight is 329 g/mol. The molecule has 0 saturated carbocycles. The van der Waals surface area contributed by atoms with Crippen molar-refractivity contribution in [2.45, 2.75) is 19.5 Å². The van der Waals surface area contributed by atoms with Crippen LogP contribution in [0.1, 0.15) is 29.4 Å². The second-order valence-corrected chi connectivity index (χ2v) is 5.42. The zero-order valence-electron chi connectivity index (χ0n) is 12.9. The molecule has 0 aliphatic rings. The first kappa shape index (κ1) is 16.2. The van der Waals surface area contributed by atoms with Gasteiger partial charge in [-0.1, -0.05) is 37.3 Å². The highest BCUT2D eigenvalue weighted by molar-refractivity contribution is 6.02. The van der Waals surface area contributed by atoms with Crippen molar-refractivity contribution in [3.8, 4) is 11.1 Å². The highest BCUT2D eigenvalue weighted by atomic mass is 19.4. The molecule has 5 heteroatoms. The third kappa shape index (κ3) is 3.02. The number of aromatic nitrogens is 1. The Hall–Kier alpha value is -2.69. The number of pyridine rings is 1. The molecule has 1 heterocycles. The molecule has 0 fully saturated rings. The lowest BCUT2D eigenvalue weighted by molar-refractivity contribution is -0.137. The van der Waals surface area contributed by atoms with Gasteiger partial charge in [-0.15, -0.1) is 0 Å². The van der Waals surface area contributed by atoms with Crippen molar-refractivity contribution < 1.29 is 18.0 Å². The summed E-state index contributed by atoms with van der Waals surface area (Å²) >= 11 is 0. The van der Waals surface area contributed by atoms with Crippen molar-refractivity contribution in [3.05, 3.63) is 65.9 Å². The molecule has 0 amide bonds. The first-order valence-electron chi connectivity index (χ1n) is 7.51. The topological polar surface area (TPSA) is 30.0 Å². The van der Waals surface area contributed by atoms with E-state index in [4.69, 9.17) is 0 Å². The molecule has 0 N–H and O–H groups in total. The van der Waals surface area contributed by atoms with Crippen LogP contribution in [-0.2, 0) is 6.18 Å². The molecule has 0 aliphatic carbocycles. The minimum absolute atomic E-state index is 0.103. The monoisotopic (exact) mass is 329 g/mol. The number of para-hydroxylation sites is 1. The average Bonchev–Trinajstić information content (AvgIpc) is 2.59. The molecule has 0 bridgehead atoms. The lowest BCUT2D eigenvalue weighted by Crippen LogP contribution is -2.04. The first-order valence-corrected chi connectivity index (χ1v) is 7.51. The van der Waals surface area contributed by atoms with Gasteiger partial charge in [0.05, 0.1) is 11.1 Å². The van der Waals surface area contributed by atoms with Crippen molar-refractivity contribution >= 4 is 16.7 Å². The largest absolute Gasteiger partial charge is 0.416 e. The summed E-state index contributed by atoms with van der Waals surface area (Å²) in [7, 11) is 0. The molecule has 3 rings (SSSR count). The summed E-state index contributed by atoms with van der Waals surface area (Å²) in [5, 5.41) is 0.796. The lowest BCUT2D eigenvalue weighted by atomic mass is 9.98. The maximum absolute atomic E-state index is 12.7. The molecule has 3 aromatic rings. The number of fused-ring (bicyclic) bond motifs is 1. The fourth-order valence-electron chi connectivity index (χ4n) is 2.58. The second-order valence-electron chi connectivity index (χ2n) is 5.42. The lowest BCUT2D eigenvalue weighted by Gasteiger charge is -2.11. The van der Waals surface area contributed by atoms with E-state index in [1.165, 1.54) is 12.1 Å². The fraction of sp³-hybridized carbons (Fsp3) is 0.158. The number of rotatable bonds is 3. The number of benzene rings is 2. The van der Waals surface area contributed by atoms with Gasteiger partial charge in [-0.05, 0) is 35.4 Å². The number of ketones is 1. The highest BCUT2D eigenvalue weighted by Crippen LogP contribution is 2.33. The van der Waals surface area contributed by atoms with Crippen LogP contribution in [0.4, 0.5) is 13.2 Å². The van der Waals surface area contributed by atoms with Crippen molar-refractivity contribution in [1.29, 1.82) is 0 Å². The third-order valence-corrected chi connectivity index (χ3v) is 3.85. The van der Waals surface area contributed by atoms with Gasteiger partial charge in [0.25, 0.3) is 0 Å². The van der Waals surface area contributed by atoms with Crippen molar-refractivity contribution in [3.63, 3.8) is 0 Å². The molecule has 0 aliphatic heterocycles. The molecule has 0 spiro atoms. The molecule has 0 saturated heterocycles. The Balaban J connectivity index is 2.19. The predicted octanol–water partition coefficient (Wildman–Crippen LogP) is 5.51. The van der Waals surface area contributed by atoms with Crippen LogP contribution in [0.2, 0.25) is 0 Å². The molecule has 1 aromatic heterocycles. The van der Waals surface area contributed by atoms with Gasteiger partial charge in [-0.3, -0.25) is 4.79 Å². The van der Waals surface area contributed by atoms with E-state index in [2.05, 4.69) is 4.98 Å². The maximum Gasteiger partial charge on any atom is 0.416 e. The van der Waals surface area contributed by atoms with Crippen molar-refractivity contribution in [2.75, 3.05) is 0 Å². The third-order valence-electron chi connectivity index (χ3n) is 3.85. The number of carbonyl (C=O) groups is 1. The van der Waals surface area contributed by atoms with E-state index >= 15 is 0 Å². The standard InChI is InChI=1S/C19H14F3NO/c1-2-18(24)17-11-15(14-5-3-4-6-16(14)23-17)12-7-9-13(10-8-12)19(20,21)22/h3-11H,2H2,1H3. The van der Waals surface area contributed by atoms with Crippen molar-refractivity contribution in [1.82, 2.24) is 4.98 Å². The van der Waals surface area contributed by atoms with E-state index in [1.54, 1.807) is 19.1 Å². The van der Waals surface area contributed by atoms with E-state index in [0.717, 1.165) is 17.5 Å². The smallest absolute Gasteiger partial charge is 0.292 e. The second kappa shape index (κ2) is 6.07. The number of hydrogen-bond acceptors (Lipinski definition) is 2. The Morgan fingerprint density at radius 2 is 1.71 bits per heavy atom. The van der Waals surface area contributed by atoms with E-state index < -0.39 is 11.7 Å². The SMILES string of the molecule is CCC(=O)c1cc(-c2ccc(C(F)(F)F)cc2)c2ccccc2n1. The fourth-order valence-corrected chi connectivity index (χ4v) is 2.58. The molecule has 0 unspecified atom stereocenters. The van der Waals surface area contributed by atoms with Crippen LogP contribution < -0.4 is 0 Å². The van der Waals surface area contributed by atoms with E-state index in [0.29, 0.717) is 28.8 Å². The minimum Gasteiger partial charge on any atom is -0.292 e. The van der Waals surface area contributed by atoms with Crippen LogP contribution in [0.15, 0.2) is 54.6 Å². The summed E-state index contributed by atoms with van der Waals surface area (Å²) in [6.45, 7) is 1.75. The summed E-state index contributed by atoms with van der Waals surface area (Å²) in [6.07, 6.45) is -4.06. The van der Waals surface area contributed by atoms with Crippen LogP contribution in [0.5, 0.6) is 0 Å². The molecule has 24 heavy (non-hydrogen) atoms. The molecule has 122 valence electrons. The van der Waals surface area contributed by atoms with Gasteiger partial charge >= 0.3 is 6.18 Å². The van der Waals surface area contributed by atoms with E-state index in [9.17, 15) is 18.0 Å². The van der Waals surface area contributed by atoms with Gasteiger partial charge in [0.15, 0.2) is 5.78 Å². The zero-order valence-corrected chi connectivity index (χ0v) is 12.9. The van der Waals surface area contributed by atoms with Crippen LogP contribution in [0.25, 0.3) is 22.0 Å². The number of hydrogen-bond donors (Lipinski definition) is 0. The van der Waals surface area contributed by atoms with Crippen molar-refractivity contribution in [2.24, 2.45) is 0 Å². The minimum atomic E-state index is -4.37. The van der Waals surface area contributed by atoms with Crippen LogP contribution in [0, 0.1) is 0 Å². The molecule has 2 aromatic carbocycles. The van der Waals surface area contributed by atoms with Gasteiger partial charge in [-0.2, -0.15) is 13.2 Å². The van der Waals surface area contributed by atoms with Gasteiger partial charge in [0, 0.05) is 11.8 Å². The van der Waals surface area contributed by atoms with E-state index in [1.807, 2.05) is 18.2 Å². The molecular weight excluding hydrogens is 315 g/mol. The van der Waals surface area contributed by atoms with Crippen LogP contribution in [0.3, 0.4) is 0 Å². The molecule has 0 radical (unpaired) electrons. The first-order chi connectivity index (χ1) is 11.4. The number of alkyl halides is 3. The quantitative estimate of drug-likeness (QED) is 0.593. The Kier molecular flexibility index (Phi) is 4.09. The van der Waals surface area contributed by atoms with Gasteiger partial charge in [0.2, 0.25) is 0 Å². The summed E-state index contributed by atoms with van der Waals surface area (Å²) in [5.41, 5.74) is 1.59. The van der Waals surface area contributed by atoms with Gasteiger partial charge in [-0.25, -0.2) is 4.98 Å². The number of Topliss-reactive ketones (excluding diaryl/α,β-unsaturated/α-hetero) is 1. The predicted molar refractivity (Wildman–Crippen MR) is 86.8 cm³/mol. The Bertz CT molecular complexity index is 899. The maximum atomic E-state index is 12.7.